The van der Waals surface area contributed by atoms with Crippen LogP contribution < -0.4 is 5.32 Å². The Labute approximate surface area is 119 Å². The third kappa shape index (κ3) is 1.60. The molecule has 0 unspecified atom stereocenters. The summed E-state index contributed by atoms with van der Waals surface area (Å²) in [6.07, 6.45) is 6.68. The van der Waals surface area contributed by atoms with Crippen LogP contribution in [-0.2, 0) is 12.0 Å². The first-order chi connectivity index (χ1) is 9.79. The normalized spacial score (nSPS) is 19.9. The van der Waals surface area contributed by atoms with Crippen LogP contribution in [0.1, 0.15) is 42.6 Å². The molecule has 2 aromatic heterocycles. The van der Waals surface area contributed by atoms with E-state index < -0.39 is 0 Å². The van der Waals surface area contributed by atoms with Gasteiger partial charge in [0, 0.05) is 25.4 Å². The van der Waals surface area contributed by atoms with E-state index in [1.807, 2.05) is 12.3 Å². The summed E-state index contributed by atoms with van der Waals surface area (Å²) in [6.45, 7) is 4.25. The lowest BCUT2D eigenvalue weighted by atomic mass is 9.63. The quantitative estimate of drug-likeness (QED) is 0.910. The SMILES string of the molecule is Cc1cccnc1C1(c2cc3n(n2)CCCN3)CCC1. The molecule has 1 saturated carbocycles. The van der Waals surface area contributed by atoms with Gasteiger partial charge in [0.1, 0.15) is 5.82 Å². The standard InChI is InChI=1S/C16H20N4/c1-12-5-2-8-18-15(12)16(6-3-7-16)13-11-14-17-9-4-10-20(14)19-13/h2,5,8,11,17H,3-4,6-7,9-10H2,1H3. The zero-order valence-corrected chi connectivity index (χ0v) is 11.9. The molecule has 1 aliphatic heterocycles. The van der Waals surface area contributed by atoms with Gasteiger partial charge in [0.2, 0.25) is 0 Å². The predicted molar refractivity (Wildman–Crippen MR) is 78.9 cm³/mol. The lowest BCUT2D eigenvalue weighted by Gasteiger charge is -2.40. The van der Waals surface area contributed by atoms with E-state index in [-0.39, 0.29) is 5.41 Å². The molecule has 0 aromatic carbocycles. The van der Waals surface area contributed by atoms with Crippen molar-refractivity contribution in [3.8, 4) is 0 Å². The van der Waals surface area contributed by atoms with Crippen LogP contribution in [0.4, 0.5) is 5.82 Å². The Morgan fingerprint density at radius 2 is 2.20 bits per heavy atom. The topological polar surface area (TPSA) is 42.7 Å². The van der Waals surface area contributed by atoms with E-state index >= 15 is 0 Å². The monoisotopic (exact) mass is 268 g/mol. The molecule has 0 radical (unpaired) electrons. The average Bonchev–Trinajstić information content (AvgIpc) is 2.83. The molecule has 2 aromatic rings. The predicted octanol–water partition coefficient (Wildman–Crippen LogP) is 2.87. The molecule has 0 atom stereocenters. The molecule has 1 aliphatic carbocycles. The van der Waals surface area contributed by atoms with Gasteiger partial charge < -0.3 is 5.32 Å². The molecule has 0 amide bonds. The van der Waals surface area contributed by atoms with Gasteiger partial charge >= 0.3 is 0 Å². The summed E-state index contributed by atoms with van der Waals surface area (Å²) in [6, 6.07) is 6.42. The van der Waals surface area contributed by atoms with Crippen molar-refractivity contribution in [3.63, 3.8) is 0 Å². The molecule has 104 valence electrons. The summed E-state index contributed by atoms with van der Waals surface area (Å²) < 4.78 is 2.12. The molecule has 1 N–H and O–H groups in total. The Bertz CT molecular complexity index is 616. The Morgan fingerprint density at radius 1 is 1.30 bits per heavy atom. The number of fused-ring (bicyclic) bond motifs is 1. The highest BCUT2D eigenvalue weighted by atomic mass is 15.3. The van der Waals surface area contributed by atoms with Crippen molar-refractivity contribution in [3.05, 3.63) is 41.3 Å². The summed E-state index contributed by atoms with van der Waals surface area (Å²) in [7, 11) is 0. The highest BCUT2D eigenvalue weighted by Gasteiger charge is 2.45. The Hall–Kier alpha value is -1.84. The van der Waals surface area contributed by atoms with Gasteiger partial charge in [-0.1, -0.05) is 12.5 Å². The van der Waals surface area contributed by atoms with Crippen LogP contribution >= 0.6 is 0 Å². The Morgan fingerprint density at radius 3 is 2.90 bits per heavy atom. The molecule has 20 heavy (non-hydrogen) atoms. The number of hydrogen-bond acceptors (Lipinski definition) is 3. The smallest absolute Gasteiger partial charge is 0.124 e. The fraction of sp³-hybridized carbons (Fsp3) is 0.500. The van der Waals surface area contributed by atoms with Gasteiger partial charge in [-0.2, -0.15) is 5.10 Å². The van der Waals surface area contributed by atoms with E-state index in [0.29, 0.717) is 0 Å². The van der Waals surface area contributed by atoms with E-state index in [1.165, 1.54) is 42.0 Å². The lowest BCUT2D eigenvalue weighted by Crippen LogP contribution is -2.37. The van der Waals surface area contributed by atoms with E-state index in [4.69, 9.17) is 5.10 Å². The first-order valence-corrected chi connectivity index (χ1v) is 7.54. The van der Waals surface area contributed by atoms with E-state index in [2.05, 4.69) is 34.0 Å². The zero-order chi connectivity index (χ0) is 13.6. The number of aromatic nitrogens is 3. The van der Waals surface area contributed by atoms with Gasteiger partial charge in [-0.3, -0.25) is 4.98 Å². The second-order valence-corrected chi connectivity index (χ2v) is 6.02. The molecule has 4 nitrogen and oxygen atoms in total. The fourth-order valence-electron chi connectivity index (χ4n) is 3.54. The van der Waals surface area contributed by atoms with Gasteiger partial charge in [-0.05, 0) is 37.8 Å². The first kappa shape index (κ1) is 11.9. The number of nitrogens with zero attached hydrogens (tertiary/aromatic N) is 3. The van der Waals surface area contributed by atoms with Gasteiger partial charge in [0.15, 0.2) is 0 Å². The van der Waals surface area contributed by atoms with Gasteiger partial charge in [-0.15, -0.1) is 0 Å². The number of anilines is 1. The maximum Gasteiger partial charge on any atom is 0.124 e. The molecule has 0 saturated heterocycles. The zero-order valence-electron chi connectivity index (χ0n) is 11.9. The van der Waals surface area contributed by atoms with Crippen molar-refractivity contribution in [1.29, 1.82) is 0 Å². The first-order valence-electron chi connectivity index (χ1n) is 7.54. The van der Waals surface area contributed by atoms with Crippen molar-refractivity contribution in [2.24, 2.45) is 0 Å². The minimum absolute atomic E-state index is 0.0529. The van der Waals surface area contributed by atoms with Gasteiger partial charge in [0.25, 0.3) is 0 Å². The van der Waals surface area contributed by atoms with Crippen LogP contribution in [-0.4, -0.2) is 21.3 Å². The number of pyridine rings is 1. The van der Waals surface area contributed by atoms with Crippen LogP contribution in [0.15, 0.2) is 24.4 Å². The second-order valence-electron chi connectivity index (χ2n) is 6.02. The van der Waals surface area contributed by atoms with Crippen molar-refractivity contribution < 1.29 is 0 Å². The van der Waals surface area contributed by atoms with Crippen molar-refractivity contribution in [2.45, 2.75) is 44.6 Å². The third-order valence-electron chi connectivity index (χ3n) is 4.79. The van der Waals surface area contributed by atoms with Gasteiger partial charge in [0.05, 0.1) is 16.8 Å². The largest absolute Gasteiger partial charge is 0.370 e. The number of nitrogens with one attached hydrogen (secondary N) is 1. The van der Waals surface area contributed by atoms with Crippen molar-refractivity contribution in [2.75, 3.05) is 11.9 Å². The number of aryl methyl sites for hydroxylation is 2. The summed E-state index contributed by atoms with van der Waals surface area (Å²) in [4.78, 5) is 4.69. The molecule has 0 bridgehead atoms. The second kappa shape index (κ2) is 4.33. The summed E-state index contributed by atoms with van der Waals surface area (Å²) in [5.74, 6) is 1.17. The molecule has 4 heteroatoms. The average molecular weight is 268 g/mol. The van der Waals surface area contributed by atoms with E-state index in [9.17, 15) is 0 Å². The molecular formula is C16H20N4. The summed E-state index contributed by atoms with van der Waals surface area (Å²) >= 11 is 0. The van der Waals surface area contributed by atoms with Crippen molar-refractivity contribution in [1.82, 2.24) is 14.8 Å². The molecule has 0 spiro atoms. The van der Waals surface area contributed by atoms with Crippen LogP contribution in [0.3, 0.4) is 0 Å². The van der Waals surface area contributed by atoms with Crippen LogP contribution in [0, 0.1) is 6.92 Å². The van der Waals surface area contributed by atoms with E-state index in [1.54, 1.807) is 0 Å². The number of hydrogen-bond donors (Lipinski definition) is 1. The summed E-state index contributed by atoms with van der Waals surface area (Å²) in [5.41, 5.74) is 3.76. The molecule has 1 fully saturated rings. The minimum atomic E-state index is 0.0529. The van der Waals surface area contributed by atoms with Crippen molar-refractivity contribution >= 4 is 5.82 Å². The lowest BCUT2D eigenvalue weighted by molar-refractivity contribution is 0.282. The minimum Gasteiger partial charge on any atom is -0.370 e. The molecule has 3 heterocycles. The van der Waals surface area contributed by atoms with Gasteiger partial charge in [-0.25, -0.2) is 4.68 Å². The maximum absolute atomic E-state index is 4.88. The van der Waals surface area contributed by atoms with Crippen LogP contribution in [0.5, 0.6) is 0 Å². The molecule has 4 rings (SSSR count). The number of rotatable bonds is 2. The van der Waals surface area contributed by atoms with Crippen LogP contribution in [0.25, 0.3) is 0 Å². The van der Waals surface area contributed by atoms with Crippen LogP contribution in [0.2, 0.25) is 0 Å². The molecule has 2 aliphatic rings. The highest BCUT2D eigenvalue weighted by molar-refractivity contribution is 5.46. The van der Waals surface area contributed by atoms with E-state index in [0.717, 1.165) is 19.5 Å². The molecular weight excluding hydrogens is 248 g/mol. The third-order valence-corrected chi connectivity index (χ3v) is 4.79. The fourth-order valence-corrected chi connectivity index (χ4v) is 3.54. The maximum atomic E-state index is 4.88. The summed E-state index contributed by atoms with van der Waals surface area (Å²) in [5, 5.41) is 8.33. The Balaban J connectivity index is 1.82. The Kier molecular flexibility index (Phi) is 2.59. The highest BCUT2D eigenvalue weighted by Crippen LogP contribution is 2.49.